The van der Waals surface area contributed by atoms with Gasteiger partial charge in [-0.05, 0) is 12.3 Å². The van der Waals surface area contributed by atoms with Crippen molar-refractivity contribution in [2.45, 2.75) is 26.7 Å². The molecular weight excluding hydrogens is 284 g/mol. The van der Waals surface area contributed by atoms with Crippen molar-refractivity contribution in [2.24, 2.45) is 5.92 Å². The SMILES string of the molecule is CCCN1CCN(CC(CC)CBr)C(=O)C1=O. The highest BCUT2D eigenvalue weighted by molar-refractivity contribution is 9.09. The molecule has 1 fully saturated rings. The Bertz CT molecular complexity index is 280. The van der Waals surface area contributed by atoms with Gasteiger partial charge in [-0.3, -0.25) is 9.59 Å². The summed E-state index contributed by atoms with van der Waals surface area (Å²) in [5.41, 5.74) is 0. The Morgan fingerprint density at radius 3 is 2.29 bits per heavy atom. The first-order valence-electron chi connectivity index (χ1n) is 6.28. The van der Waals surface area contributed by atoms with Crippen LogP contribution in [0.2, 0.25) is 0 Å². The molecule has 1 unspecified atom stereocenters. The highest BCUT2D eigenvalue weighted by Gasteiger charge is 2.32. The lowest BCUT2D eigenvalue weighted by molar-refractivity contribution is -0.156. The number of hydrogen-bond donors (Lipinski definition) is 0. The minimum atomic E-state index is -0.331. The Morgan fingerprint density at radius 2 is 1.76 bits per heavy atom. The molecule has 1 aliphatic heterocycles. The molecule has 5 heteroatoms. The third kappa shape index (κ3) is 3.69. The van der Waals surface area contributed by atoms with Gasteiger partial charge in [-0.1, -0.05) is 36.2 Å². The summed E-state index contributed by atoms with van der Waals surface area (Å²) in [6.07, 6.45) is 1.92. The minimum absolute atomic E-state index is 0.330. The van der Waals surface area contributed by atoms with Gasteiger partial charge in [0.05, 0.1) is 0 Å². The zero-order valence-electron chi connectivity index (χ0n) is 10.6. The molecule has 2 amide bonds. The largest absolute Gasteiger partial charge is 0.333 e. The van der Waals surface area contributed by atoms with E-state index in [4.69, 9.17) is 0 Å². The highest BCUT2D eigenvalue weighted by Crippen LogP contribution is 2.13. The molecule has 1 saturated heterocycles. The third-order valence-electron chi connectivity index (χ3n) is 3.16. The summed E-state index contributed by atoms with van der Waals surface area (Å²) in [6.45, 7) is 6.85. The topological polar surface area (TPSA) is 40.6 Å². The van der Waals surface area contributed by atoms with Crippen LogP contribution in [0.15, 0.2) is 0 Å². The van der Waals surface area contributed by atoms with Crippen molar-refractivity contribution in [2.75, 3.05) is 31.5 Å². The second-order valence-electron chi connectivity index (χ2n) is 4.47. The molecule has 1 rings (SSSR count). The fraction of sp³-hybridized carbons (Fsp3) is 0.833. The number of carbonyl (C=O) groups is 2. The Kier molecular flexibility index (Phi) is 5.95. The van der Waals surface area contributed by atoms with Gasteiger partial charge in [-0.2, -0.15) is 0 Å². The van der Waals surface area contributed by atoms with Gasteiger partial charge in [0.25, 0.3) is 0 Å². The summed E-state index contributed by atoms with van der Waals surface area (Å²) in [5.74, 6) is -0.226. The number of piperazine rings is 1. The van der Waals surface area contributed by atoms with Crippen molar-refractivity contribution >= 4 is 27.7 Å². The zero-order valence-corrected chi connectivity index (χ0v) is 12.2. The van der Waals surface area contributed by atoms with Crippen LogP contribution in [0.5, 0.6) is 0 Å². The highest BCUT2D eigenvalue weighted by atomic mass is 79.9. The second-order valence-corrected chi connectivity index (χ2v) is 5.12. The van der Waals surface area contributed by atoms with Gasteiger partial charge in [0, 0.05) is 31.5 Å². The summed E-state index contributed by atoms with van der Waals surface area (Å²) >= 11 is 3.44. The number of amides is 2. The fourth-order valence-electron chi connectivity index (χ4n) is 1.97. The van der Waals surface area contributed by atoms with Crippen LogP contribution in [-0.2, 0) is 9.59 Å². The summed E-state index contributed by atoms with van der Waals surface area (Å²) in [4.78, 5) is 27.1. The second kappa shape index (κ2) is 6.99. The molecule has 0 N–H and O–H groups in total. The smallest absolute Gasteiger partial charge is 0.312 e. The van der Waals surface area contributed by atoms with Crippen molar-refractivity contribution in [3.05, 3.63) is 0 Å². The van der Waals surface area contributed by atoms with Crippen LogP contribution in [0.3, 0.4) is 0 Å². The number of hydrogen-bond acceptors (Lipinski definition) is 2. The lowest BCUT2D eigenvalue weighted by Gasteiger charge is -2.35. The molecule has 0 saturated carbocycles. The van der Waals surface area contributed by atoms with Crippen molar-refractivity contribution in [1.82, 2.24) is 9.80 Å². The maximum absolute atomic E-state index is 11.9. The Morgan fingerprint density at radius 1 is 1.18 bits per heavy atom. The molecule has 98 valence electrons. The van der Waals surface area contributed by atoms with Crippen LogP contribution < -0.4 is 0 Å². The molecule has 0 aromatic carbocycles. The van der Waals surface area contributed by atoms with Crippen molar-refractivity contribution < 1.29 is 9.59 Å². The van der Waals surface area contributed by atoms with E-state index in [0.717, 1.165) is 18.2 Å². The lowest BCUT2D eigenvalue weighted by atomic mass is 10.1. The quantitative estimate of drug-likeness (QED) is 0.551. The summed E-state index contributed by atoms with van der Waals surface area (Å²) < 4.78 is 0. The van der Waals surface area contributed by atoms with E-state index in [1.807, 2.05) is 6.92 Å². The lowest BCUT2D eigenvalue weighted by Crippen LogP contribution is -2.55. The first-order chi connectivity index (χ1) is 8.13. The van der Waals surface area contributed by atoms with Gasteiger partial charge in [0.15, 0.2) is 0 Å². The van der Waals surface area contributed by atoms with Crippen molar-refractivity contribution in [1.29, 1.82) is 0 Å². The minimum Gasteiger partial charge on any atom is -0.333 e. The number of carbonyl (C=O) groups excluding carboxylic acids is 2. The van der Waals surface area contributed by atoms with Crippen LogP contribution in [-0.4, -0.2) is 53.1 Å². The molecule has 4 nitrogen and oxygen atoms in total. The summed E-state index contributed by atoms with van der Waals surface area (Å²) in [7, 11) is 0. The third-order valence-corrected chi connectivity index (χ3v) is 4.08. The first kappa shape index (κ1) is 14.5. The van der Waals surface area contributed by atoms with Crippen LogP contribution in [0, 0.1) is 5.92 Å². The number of rotatable bonds is 6. The van der Waals surface area contributed by atoms with Crippen LogP contribution in [0.4, 0.5) is 0 Å². The predicted molar refractivity (Wildman–Crippen MR) is 71.0 cm³/mol. The summed E-state index contributed by atoms with van der Waals surface area (Å²) in [6, 6.07) is 0. The van der Waals surface area contributed by atoms with E-state index in [2.05, 4.69) is 22.9 Å². The monoisotopic (exact) mass is 304 g/mol. The molecular formula is C12H21BrN2O2. The molecule has 0 radical (unpaired) electrons. The van der Waals surface area contributed by atoms with E-state index in [0.29, 0.717) is 32.1 Å². The van der Waals surface area contributed by atoms with Gasteiger partial charge in [-0.15, -0.1) is 0 Å². The predicted octanol–water partition coefficient (Wildman–Crippen LogP) is 1.49. The normalized spacial score (nSPS) is 18.8. The van der Waals surface area contributed by atoms with E-state index < -0.39 is 0 Å². The van der Waals surface area contributed by atoms with Gasteiger partial charge in [-0.25, -0.2) is 0 Å². The average molecular weight is 305 g/mol. The standard InChI is InChI=1S/C12H21BrN2O2/c1-3-5-14-6-7-15(12(17)11(14)16)9-10(4-2)8-13/h10H,3-9H2,1-2H3. The van der Waals surface area contributed by atoms with E-state index >= 15 is 0 Å². The molecule has 1 heterocycles. The fourth-order valence-corrected chi connectivity index (χ4v) is 2.63. The maximum Gasteiger partial charge on any atom is 0.312 e. The van der Waals surface area contributed by atoms with Crippen molar-refractivity contribution in [3.8, 4) is 0 Å². The van der Waals surface area contributed by atoms with Gasteiger partial charge < -0.3 is 9.80 Å². The van der Waals surface area contributed by atoms with E-state index in [9.17, 15) is 9.59 Å². The van der Waals surface area contributed by atoms with E-state index in [1.165, 1.54) is 0 Å². The molecule has 17 heavy (non-hydrogen) atoms. The van der Waals surface area contributed by atoms with Crippen LogP contribution in [0.25, 0.3) is 0 Å². The van der Waals surface area contributed by atoms with Crippen LogP contribution in [0.1, 0.15) is 26.7 Å². The van der Waals surface area contributed by atoms with Gasteiger partial charge >= 0.3 is 11.8 Å². The molecule has 0 aromatic heterocycles. The van der Waals surface area contributed by atoms with E-state index in [1.54, 1.807) is 9.80 Å². The maximum atomic E-state index is 11.9. The number of alkyl halides is 1. The number of nitrogens with zero attached hydrogens (tertiary/aromatic N) is 2. The molecule has 0 bridgehead atoms. The zero-order chi connectivity index (χ0) is 12.8. The molecule has 0 spiro atoms. The Hall–Kier alpha value is -0.580. The van der Waals surface area contributed by atoms with Crippen LogP contribution >= 0.6 is 15.9 Å². The van der Waals surface area contributed by atoms with E-state index in [-0.39, 0.29) is 11.8 Å². The Balaban J connectivity index is 2.56. The number of halogens is 1. The molecule has 1 aliphatic rings. The van der Waals surface area contributed by atoms with Gasteiger partial charge in [0.2, 0.25) is 0 Å². The summed E-state index contributed by atoms with van der Waals surface area (Å²) in [5, 5.41) is 0.875. The first-order valence-corrected chi connectivity index (χ1v) is 7.40. The van der Waals surface area contributed by atoms with Crippen molar-refractivity contribution in [3.63, 3.8) is 0 Å². The average Bonchev–Trinajstić information content (AvgIpc) is 2.34. The Labute approximate surface area is 111 Å². The molecule has 1 atom stereocenters. The van der Waals surface area contributed by atoms with Gasteiger partial charge in [0.1, 0.15) is 0 Å². The molecule has 0 aliphatic carbocycles. The molecule has 0 aromatic rings.